The number of hydrogen-bond donors (Lipinski definition) is 2. The number of piperidine rings is 1. The molecular formula is C17H26N2O. The zero-order valence-electron chi connectivity index (χ0n) is 12.4. The Morgan fingerprint density at radius 3 is 2.35 bits per heavy atom. The van der Waals surface area contributed by atoms with Crippen molar-refractivity contribution in [2.75, 3.05) is 24.6 Å². The van der Waals surface area contributed by atoms with E-state index in [0.29, 0.717) is 12.0 Å². The van der Waals surface area contributed by atoms with Crippen LogP contribution in [0.3, 0.4) is 0 Å². The third kappa shape index (κ3) is 2.99. The molecule has 20 heavy (non-hydrogen) atoms. The van der Waals surface area contributed by atoms with Crippen molar-refractivity contribution in [2.24, 2.45) is 5.92 Å². The van der Waals surface area contributed by atoms with E-state index in [2.05, 4.69) is 47.5 Å². The molecule has 110 valence electrons. The average molecular weight is 274 g/mol. The van der Waals surface area contributed by atoms with E-state index in [1.807, 2.05) is 0 Å². The second kappa shape index (κ2) is 5.74. The Morgan fingerprint density at radius 1 is 1.15 bits per heavy atom. The molecule has 1 heterocycles. The van der Waals surface area contributed by atoms with E-state index in [0.717, 1.165) is 25.9 Å². The summed E-state index contributed by atoms with van der Waals surface area (Å²) in [7, 11) is 0. The molecule has 1 saturated carbocycles. The lowest BCUT2D eigenvalue weighted by Gasteiger charge is -2.39. The van der Waals surface area contributed by atoms with Gasteiger partial charge >= 0.3 is 0 Å². The molecule has 1 unspecified atom stereocenters. The van der Waals surface area contributed by atoms with Gasteiger partial charge in [-0.15, -0.1) is 0 Å². The Kier molecular flexibility index (Phi) is 3.99. The van der Waals surface area contributed by atoms with E-state index in [1.165, 1.54) is 18.5 Å². The van der Waals surface area contributed by atoms with Crippen molar-refractivity contribution in [3.63, 3.8) is 0 Å². The van der Waals surface area contributed by atoms with Gasteiger partial charge in [0, 0.05) is 30.4 Å². The molecule has 0 spiro atoms. The number of para-hydroxylation sites is 1. The van der Waals surface area contributed by atoms with Crippen LogP contribution >= 0.6 is 0 Å². The van der Waals surface area contributed by atoms with Crippen LogP contribution in [0.25, 0.3) is 0 Å². The molecule has 0 amide bonds. The number of anilines is 1. The van der Waals surface area contributed by atoms with Gasteiger partial charge < -0.3 is 15.3 Å². The number of nitrogens with one attached hydrogen (secondary N) is 1. The van der Waals surface area contributed by atoms with E-state index in [9.17, 15) is 5.11 Å². The van der Waals surface area contributed by atoms with E-state index in [4.69, 9.17) is 0 Å². The van der Waals surface area contributed by atoms with E-state index in [1.54, 1.807) is 0 Å². The summed E-state index contributed by atoms with van der Waals surface area (Å²) in [5.74, 6) is 0.680. The highest BCUT2D eigenvalue weighted by Gasteiger charge is 2.42. The van der Waals surface area contributed by atoms with Gasteiger partial charge in [0.25, 0.3) is 0 Å². The molecule has 2 N–H and O–H groups in total. The first-order valence-corrected chi connectivity index (χ1v) is 7.90. The number of benzene rings is 1. The number of aliphatic hydroxyl groups excluding tert-OH is 1. The normalized spacial score (nSPS) is 23.6. The average Bonchev–Trinajstić information content (AvgIpc) is 3.34. The topological polar surface area (TPSA) is 35.5 Å². The van der Waals surface area contributed by atoms with E-state index in [-0.39, 0.29) is 12.1 Å². The summed E-state index contributed by atoms with van der Waals surface area (Å²) < 4.78 is 0. The first-order chi connectivity index (χ1) is 9.71. The van der Waals surface area contributed by atoms with Crippen LogP contribution in [0.5, 0.6) is 0 Å². The molecule has 1 saturated heterocycles. The zero-order chi connectivity index (χ0) is 14.0. The summed E-state index contributed by atoms with van der Waals surface area (Å²) in [6, 6.07) is 11.2. The van der Waals surface area contributed by atoms with Gasteiger partial charge in [-0.25, -0.2) is 0 Å². The summed E-state index contributed by atoms with van der Waals surface area (Å²) in [6.07, 6.45) is 4.87. The molecule has 3 nitrogen and oxygen atoms in total. The van der Waals surface area contributed by atoms with Gasteiger partial charge in [-0.1, -0.05) is 18.2 Å². The molecule has 1 aliphatic carbocycles. The van der Waals surface area contributed by atoms with Crippen LogP contribution in [-0.2, 0) is 0 Å². The Bertz CT molecular complexity index is 424. The Balaban J connectivity index is 1.53. The van der Waals surface area contributed by atoms with Crippen LogP contribution in [0, 0.1) is 5.92 Å². The van der Waals surface area contributed by atoms with Gasteiger partial charge in [-0.3, -0.25) is 0 Å². The predicted molar refractivity (Wildman–Crippen MR) is 83.0 cm³/mol. The van der Waals surface area contributed by atoms with Crippen LogP contribution in [-0.4, -0.2) is 36.4 Å². The van der Waals surface area contributed by atoms with Crippen LogP contribution < -0.4 is 10.2 Å². The predicted octanol–water partition coefficient (Wildman–Crippen LogP) is 2.41. The third-order valence-electron chi connectivity index (χ3n) is 4.96. The lowest BCUT2D eigenvalue weighted by Crippen LogP contribution is -2.55. The quantitative estimate of drug-likeness (QED) is 0.865. The minimum absolute atomic E-state index is 0.0560. The Morgan fingerprint density at radius 2 is 1.80 bits per heavy atom. The van der Waals surface area contributed by atoms with Gasteiger partial charge in [-0.05, 0) is 50.7 Å². The fourth-order valence-electron chi connectivity index (χ4n) is 3.40. The summed E-state index contributed by atoms with van der Waals surface area (Å²) in [5, 5.41) is 13.4. The molecule has 0 aromatic heterocycles. The van der Waals surface area contributed by atoms with Crippen molar-refractivity contribution in [1.82, 2.24) is 5.32 Å². The first-order valence-electron chi connectivity index (χ1n) is 7.90. The molecule has 3 heteroatoms. The summed E-state index contributed by atoms with van der Waals surface area (Å²) in [5.41, 5.74) is 1.28. The van der Waals surface area contributed by atoms with Gasteiger partial charge in [0.1, 0.15) is 0 Å². The van der Waals surface area contributed by atoms with Gasteiger partial charge in [-0.2, -0.15) is 0 Å². The maximum absolute atomic E-state index is 9.68. The number of hydrogen-bond acceptors (Lipinski definition) is 3. The van der Waals surface area contributed by atoms with Crippen molar-refractivity contribution in [3.05, 3.63) is 30.3 Å². The number of rotatable bonds is 5. The van der Waals surface area contributed by atoms with Gasteiger partial charge in [0.05, 0.1) is 6.61 Å². The van der Waals surface area contributed by atoms with Crippen LogP contribution in [0.1, 0.15) is 32.6 Å². The lowest BCUT2D eigenvalue weighted by atomic mass is 9.93. The molecule has 3 rings (SSSR count). The monoisotopic (exact) mass is 274 g/mol. The SMILES string of the molecule is CC(CO)(NC1CCN(c2ccccc2)CC1)C1CC1. The standard InChI is InChI=1S/C17H26N2O/c1-17(13-20,14-7-8-14)18-15-9-11-19(12-10-15)16-5-3-2-4-6-16/h2-6,14-15,18,20H,7-13H2,1H3. The Hall–Kier alpha value is -1.06. The third-order valence-corrected chi connectivity index (χ3v) is 4.96. The fourth-order valence-corrected chi connectivity index (χ4v) is 3.40. The van der Waals surface area contributed by atoms with Gasteiger partial charge in [0.2, 0.25) is 0 Å². The highest BCUT2D eigenvalue weighted by Crippen LogP contribution is 2.40. The smallest absolute Gasteiger partial charge is 0.0613 e. The Labute approximate surface area is 122 Å². The van der Waals surface area contributed by atoms with Crippen molar-refractivity contribution < 1.29 is 5.11 Å². The highest BCUT2D eigenvalue weighted by molar-refractivity contribution is 5.46. The first kappa shape index (κ1) is 13.9. The molecule has 1 aliphatic heterocycles. The molecule has 0 radical (unpaired) electrons. The van der Waals surface area contributed by atoms with E-state index >= 15 is 0 Å². The van der Waals surface area contributed by atoms with Crippen molar-refractivity contribution in [3.8, 4) is 0 Å². The molecular weight excluding hydrogens is 248 g/mol. The fraction of sp³-hybridized carbons (Fsp3) is 0.647. The minimum atomic E-state index is -0.0560. The van der Waals surface area contributed by atoms with Crippen LogP contribution in [0.15, 0.2) is 30.3 Å². The van der Waals surface area contributed by atoms with Gasteiger partial charge in [0.15, 0.2) is 0 Å². The lowest BCUT2D eigenvalue weighted by molar-refractivity contribution is 0.135. The molecule has 2 fully saturated rings. The van der Waals surface area contributed by atoms with E-state index < -0.39 is 0 Å². The summed E-state index contributed by atoms with van der Waals surface area (Å²) in [6.45, 7) is 4.66. The highest BCUT2D eigenvalue weighted by atomic mass is 16.3. The minimum Gasteiger partial charge on any atom is -0.394 e. The second-order valence-corrected chi connectivity index (χ2v) is 6.59. The van der Waals surface area contributed by atoms with Crippen molar-refractivity contribution >= 4 is 5.69 Å². The van der Waals surface area contributed by atoms with Crippen molar-refractivity contribution in [1.29, 1.82) is 0 Å². The molecule has 1 aromatic rings. The van der Waals surface area contributed by atoms with Crippen LogP contribution in [0.2, 0.25) is 0 Å². The van der Waals surface area contributed by atoms with Crippen LogP contribution in [0.4, 0.5) is 5.69 Å². The molecule has 2 aliphatic rings. The number of nitrogens with zero attached hydrogens (tertiary/aromatic N) is 1. The summed E-state index contributed by atoms with van der Waals surface area (Å²) >= 11 is 0. The molecule has 1 atom stereocenters. The maximum atomic E-state index is 9.68. The number of aliphatic hydroxyl groups is 1. The van der Waals surface area contributed by atoms with Crippen molar-refractivity contribution in [2.45, 2.75) is 44.2 Å². The molecule has 0 bridgehead atoms. The molecule has 1 aromatic carbocycles. The zero-order valence-corrected chi connectivity index (χ0v) is 12.4. The largest absolute Gasteiger partial charge is 0.394 e. The maximum Gasteiger partial charge on any atom is 0.0613 e. The summed E-state index contributed by atoms with van der Waals surface area (Å²) in [4.78, 5) is 2.46. The second-order valence-electron chi connectivity index (χ2n) is 6.59.